The maximum absolute atomic E-state index is 11.9. The SMILES string of the molecule is CCCCCCCCNS(=O)(=O)CCNC1CCCCC1. The number of sulfonamides is 1. The molecule has 0 spiro atoms. The van der Waals surface area contributed by atoms with Crippen molar-refractivity contribution in [2.24, 2.45) is 0 Å². The van der Waals surface area contributed by atoms with E-state index < -0.39 is 10.0 Å². The molecule has 0 unspecified atom stereocenters. The van der Waals surface area contributed by atoms with Gasteiger partial charge in [-0.05, 0) is 19.3 Å². The highest BCUT2D eigenvalue weighted by atomic mass is 32.2. The lowest BCUT2D eigenvalue weighted by Crippen LogP contribution is -2.37. The van der Waals surface area contributed by atoms with Gasteiger partial charge in [-0.15, -0.1) is 0 Å². The van der Waals surface area contributed by atoms with Crippen LogP contribution in [0.5, 0.6) is 0 Å². The second-order valence-corrected chi connectivity index (χ2v) is 8.20. The van der Waals surface area contributed by atoms with E-state index in [1.54, 1.807) is 0 Å². The van der Waals surface area contributed by atoms with Gasteiger partial charge in [-0.2, -0.15) is 0 Å². The molecule has 0 radical (unpaired) electrons. The van der Waals surface area contributed by atoms with E-state index in [1.807, 2.05) is 0 Å². The van der Waals surface area contributed by atoms with E-state index in [-0.39, 0.29) is 5.75 Å². The lowest BCUT2D eigenvalue weighted by atomic mass is 9.96. The van der Waals surface area contributed by atoms with Gasteiger partial charge in [-0.3, -0.25) is 0 Å². The van der Waals surface area contributed by atoms with Crippen molar-refractivity contribution >= 4 is 10.0 Å². The van der Waals surface area contributed by atoms with Crippen molar-refractivity contribution in [1.82, 2.24) is 10.0 Å². The third-order valence-corrected chi connectivity index (χ3v) is 5.65. The summed E-state index contributed by atoms with van der Waals surface area (Å²) in [4.78, 5) is 0. The Bertz CT molecular complexity index is 338. The first-order chi connectivity index (χ1) is 10.1. The molecule has 4 nitrogen and oxygen atoms in total. The molecule has 21 heavy (non-hydrogen) atoms. The topological polar surface area (TPSA) is 58.2 Å². The highest BCUT2D eigenvalue weighted by molar-refractivity contribution is 7.89. The van der Waals surface area contributed by atoms with E-state index in [1.165, 1.54) is 57.8 Å². The highest BCUT2D eigenvalue weighted by Gasteiger charge is 2.14. The number of rotatable bonds is 12. The Morgan fingerprint density at radius 2 is 1.57 bits per heavy atom. The Balaban J connectivity index is 1.99. The van der Waals surface area contributed by atoms with Crippen molar-refractivity contribution in [3.05, 3.63) is 0 Å². The molecule has 0 bridgehead atoms. The molecule has 1 saturated carbocycles. The van der Waals surface area contributed by atoms with Crippen LogP contribution >= 0.6 is 0 Å². The number of hydrogen-bond acceptors (Lipinski definition) is 3. The van der Waals surface area contributed by atoms with Gasteiger partial charge in [0.25, 0.3) is 0 Å². The van der Waals surface area contributed by atoms with E-state index >= 15 is 0 Å². The molecule has 0 saturated heterocycles. The van der Waals surface area contributed by atoms with Crippen LogP contribution in [0.1, 0.15) is 77.6 Å². The molecular weight excluding hydrogens is 284 g/mol. The Labute approximate surface area is 131 Å². The average molecular weight is 319 g/mol. The summed E-state index contributed by atoms with van der Waals surface area (Å²) in [5.74, 6) is 0.208. The minimum absolute atomic E-state index is 0.208. The molecule has 0 aromatic carbocycles. The largest absolute Gasteiger partial charge is 0.313 e. The van der Waals surface area contributed by atoms with E-state index in [0.29, 0.717) is 19.1 Å². The lowest BCUT2D eigenvalue weighted by molar-refractivity contribution is 0.380. The molecule has 1 fully saturated rings. The maximum Gasteiger partial charge on any atom is 0.212 e. The number of hydrogen-bond donors (Lipinski definition) is 2. The monoisotopic (exact) mass is 318 g/mol. The van der Waals surface area contributed by atoms with Crippen molar-refractivity contribution in [3.8, 4) is 0 Å². The predicted molar refractivity (Wildman–Crippen MR) is 90.0 cm³/mol. The fraction of sp³-hybridized carbons (Fsp3) is 1.00. The molecule has 0 aromatic rings. The van der Waals surface area contributed by atoms with Gasteiger partial charge in [0.2, 0.25) is 10.0 Å². The molecular formula is C16H34N2O2S. The second kappa shape index (κ2) is 11.4. The number of unbranched alkanes of at least 4 members (excludes halogenated alkanes) is 5. The molecule has 1 aliphatic rings. The van der Waals surface area contributed by atoms with Crippen LogP contribution in [0.15, 0.2) is 0 Å². The van der Waals surface area contributed by atoms with Gasteiger partial charge in [0.15, 0.2) is 0 Å². The van der Waals surface area contributed by atoms with E-state index in [9.17, 15) is 8.42 Å². The van der Waals surface area contributed by atoms with E-state index in [2.05, 4.69) is 17.0 Å². The molecule has 5 heteroatoms. The van der Waals surface area contributed by atoms with Crippen molar-refractivity contribution < 1.29 is 8.42 Å². The van der Waals surface area contributed by atoms with Gasteiger partial charge in [0.05, 0.1) is 5.75 Å². The van der Waals surface area contributed by atoms with Gasteiger partial charge in [-0.25, -0.2) is 13.1 Å². The molecule has 2 N–H and O–H groups in total. The molecule has 1 rings (SSSR count). The van der Waals surface area contributed by atoms with Crippen LogP contribution in [0.4, 0.5) is 0 Å². The molecule has 0 amide bonds. The maximum atomic E-state index is 11.9. The van der Waals surface area contributed by atoms with E-state index in [0.717, 1.165) is 12.8 Å². The second-order valence-electron chi connectivity index (χ2n) is 6.27. The molecule has 0 aromatic heterocycles. The van der Waals surface area contributed by atoms with Crippen LogP contribution < -0.4 is 10.0 Å². The quantitative estimate of drug-likeness (QED) is 0.543. The molecule has 1 aliphatic carbocycles. The van der Waals surface area contributed by atoms with Gasteiger partial charge in [-0.1, -0.05) is 58.3 Å². The molecule has 0 heterocycles. The summed E-state index contributed by atoms with van der Waals surface area (Å²) in [5, 5.41) is 3.38. The van der Waals surface area contributed by atoms with Crippen LogP contribution in [0.3, 0.4) is 0 Å². The zero-order chi connectivity index (χ0) is 15.4. The van der Waals surface area contributed by atoms with Crippen molar-refractivity contribution in [2.45, 2.75) is 83.6 Å². The normalized spacial score (nSPS) is 17.2. The van der Waals surface area contributed by atoms with Crippen LogP contribution in [-0.2, 0) is 10.0 Å². The Morgan fingerprint density at radius 1 is 0.905 bits per heavy atom. The number of nitrogens with one attached hydrogen (secondary N) is 2. The third-order valence-electron chi connectivity index (χ3n) is 4.26. The molecule has 0 atom stereocenters. The fourth-order valence-corrected chi connectivity index (χ4v) is 3.90. The van der Waals surface area contributed by atoms with Gasteiger partial charge in [0, 0.05) is 19.1 Å². The van der Waals surface area contributed by atoms with Gasteiger partial charge >= 0.3 is 0 Å². The first kappa shape index (κ1) is 18.9. The summed E-state index contributed by atoms with van der Waals surface area (Å²) in [6, 6.07) is 0.535. The smallest absolute Gasteiger partial charge is 0.212 e. The Morgan fingerprint density at radius 3 is 2.29 bits per heavy atom. The van der Waals surface area contributed by atoms with Crippen LogP contribution in [0.25, 0.3) is 0 Å². The van der Waals surface area contributed by atoms with Crippen molar-refractivity contribution in [1.29, 1.82) is 0 Å². The highest BCUT2D eigenvalue weighted by Crippen LogP contribution is 2.17. The summed E-state index contributed by atoms with van der Waals surface area (Å²) in [6.45, 7) is 3.38. The fourth-order valence-electron chi connectivity index (χ4n) is 2.91. The summed E-state index contributed by atoms with van der Waals surface area (Å²) in [7, 11) is -3.09. The van der Waals surface area contributed by atoms with Crippen molar-refractivity contribution in [2.75, 3.05) is 18.8 Å². The average Bonchev–Trinajstić information content (AvgIpc) is 2.47. The summed E-state index contributed by atoms with van der Waals surface area (Å²) >= 11 is 0. The minimum atomic E-state index is -3.09. The van der Waals surface area contributed by atoms with Crippen LogP contribution in [0.2, 0.25) is 0 Å². The van der Waals surface area contributed by atoms with Gasteiger partial charge < -0.3 is 5.32 Å². The first-order valence-corrected chi connectivity index (χ1v) is 10.5. The standard InChI is InChI=1S/C16H34N2O2S/c1-2-3-4-5-6-10-13-18-21(19,20)15-14-17-16-11-8-7-9-12-16/h16-18H,2-15H2,1H3. The Hall–Kier alpha value is -0.130. The first-order valence-electron chi connectivity index (χ1n) is 8.85. The summed E-state index contributed by atoms with van der Waals surface area (Å²) in [6.07, 6.45) is 13.4. The summed E-state index contributed by atoms with van der Waals surface area (Å²) in [5.41, 5.74) is 0. The molecule has 126 valence electrons. The van der Waals surface area contributed by atoms with Crippen LogP contribution in [-0.4, -0.2) is 33.3 Å². The zero-order valence-electron chi connectivity index (χ0n) is 13.7. The third kappa shape index (κ3) is 10.3. The van der Waals surface area contributed by atoms with E-state index in [4.69, 9.17) is 0 Å². The van der Waals surface area contributed by atoms with Gasteiger partial charge in [0.1, 0.15) is 0 Å². The minimum Gasteiger partial charge on any atom is -0.313 e. The zero-order valence-corrected chi connectivity index (χ0v) is 14.5. The molecule has 0 aliphatic heterocycles. The van der Waals surface area contributed by atoms with Crippen molar-refractivity contribution in [3.63, 3.8) is 0 Å². The lowest BCUT2D eigenvalue weighted by Gasteiger charge is -2.22. The van der Waals surface area contributed by atoms with Crippen LogP contribution in [0, 0.1) is 0 Å². The Kier molecular flexibility index (Phi) is 10.3. The summed E-state index contributed by atoms with van der Waals surface area (Å²) < 4.78 is 26.4. The predicted octanol–water partition coefficient (Wildman–Crippen LogP) is 3.19.